The number of β-amino-alcohol motifs (C(OH)–C–C–N with tert-alkyl or cyclic N) is 1. The Bertz CT molecular complexity index is 934. The summed E-state index contributed by atoms with van der Waals surface area (Å²) in [5, 5.41) is 16.9. The second-order valence-corrected chi connectivity index (χ2v) is 6.85. The van der Waals surface area contributed by atoms with E-state index in [1.54, 1.807) is 11.0 Å². The van der Waals surface area contributed by atoms with Crippen LogP contribution in [0.2, 0.25) is 0 Å². The molecular weight excluding hydrogens is 328 g/mol. The fourth-order valence-corrected chi connectivity index (χ4v) is 3.69. The number of aliphatic hydroxyl groups is 1. The molecule has 0 spiro atoms. The standard InChI is InChI=1S/C21H22N2O3/c1-2-17-12-19(22-26-17)21(25)23-10-9-18(20(24)13-23)16-8-7-14-5-3-4-6-15(14)11-16/h3-8,11-12,18,20,24H,2,9-10,13H2,1H3/t18-,20+/m0/s1. The van der Waals surface area contributed by atoms with Crippen molar-refractivity contribution in [3.05, 3.63) is 65.5 Å². The largest absolute Gasteiger partial charge is 0.391 e. The van der Waals surface area contributed by atoms with Crippen LogP contribution < -0.4 is 0 Å². The van der Waals surface area contributed by atoms with Gasteiger partial charge in [-0.3, -0.25) is 4.79 Å². The highest BCUT2D eigenvalue weighted by Crippen LogP contribution is 2.31. The van der Waals surface area contributed by atoms with Crippen LogP contribution in [0, 0.1) is 0 Å². The first-order chi connectivity index (χ1) is 12.7. The van der Waals surface area contributed by atoms with Crippen LogP contribution in [-0.4, -0.2) is 40.3 Å². The molecule has 0 radical (unpaired) electrons. The van der Waals surface area contributed by atoms with Crippen LogP contribution >= 0.6 is 0 Å². The number of hydrogen-bond donors (Lipinski definition) is 1. The number of aliphatic hydroxyl groups excluding tert-OH is 1. The van der Waals surface area contributed by atoms with Gasteiger partial charge in [0.2, 0.25) is 0 Å². The number of rotatable bonds is 3. The van der Waals surface area contributed by atoms with Crippen molar-refractivity contribution < 1.29 is 14.4 Å². The summed E-state index contributed by atoms with van der Waals surface area (Å²) in [4.78, 5) is 14.3. The maximum atomic E-state index is 12.6. The van der Waals surface area contributed by atoms with E-state index in [4.69, 9.17) is 4.52 Å². The summed E-state index contributed by atoms with van der Waals surface area (Å²) in [5.41, 5.74) is 1.44. The van der Waals surface area contributed by atoms with Crippen LogP contribution in [0.25, 0.3) is 10.8 Å². The number of aromatic nitrogens is 1. The molecule has 1 aliphatic heterocycles. The quantitative estimate of drug-likeness (QED) is 0.786. The third-order valence-electron chi connectivity index (χ3n) is 5.20. The number of carbonyl (C=O) groups excluding carboxylic acids is 1. The highest BCUT2D eigenvalue weighted by atomic mass is 16.5. The average Bonchev–Trinajstić information content (AvgIpc) is 3.16. The van der Waals surface area contributed by atoms with Crippen molar-refractivity contribution in [3.63, 3.8) is 0 Å². The fraction of sp³-hybridized carbons (Fsp3) is 0.333. The summed E-state index contributed by atoms with van der Waals surface area (Å²) in [7, 11) is 0. The lowest BCUT2D eigenvalue weighted by molar-refractivity contribution is 0.0375. The Balaban J connectivity index is 1.49. The number of piperidine rings is 1. The summed E-state index contributed by atoms with van der Waals surface area (Å²) in [6.07, 6.45) is 0.836. The minimum Gasteiger partial charge on any atom is -0.391 e. The van der Waals surface area contributed by atoms with Gasteiger partial charge in [-0.1, -0.05) is 54.5 Å². The molecule has 2 aromatic carbocycles. The first-order valence-electron chi connectivity index (χ1n) is 9.07. The number of hydrogen-bond acceptors (Lipinski definition) is 4. The van der Waals surface area contributed by atoms with Crippen LogP contribution in [0.4, 0.5) is 0 Å². The van der Waals surface area contributed by atoms with Crippen molar-refractivity contribution in [2.75, 3.05) is 13.1 Å². The molecule has 134 valence electrons. The third kappa shape index (κ3) is 3.10. The van der Waals surface area contributed by atoms with Gasteiger partial charge in [-0.25, -0.2) is 0 Å². The molecule has 3 aromatic rings. The van der Waals surface area contributed by atoms with Crippen LogP contribution in [0.5, 0.6) is 0 Å². The molecule has 0 bridgehead atoms. The maximum absolute atomic E-state index is 12.6. The van der Waals surface area contributed by atoms with Gasteiger partial charge in [-0.15, -0.1) is 0 Å². The van der Waals surface area contributed by atoms with Crippen LogP contribution in [0.15, 0.2) is 53.1 Å². The summed E-state index contributed by atoms with van der Waals surface area (Å²) in [6, 6.07) is 16.2. The van der Waals surface area contributed by atoms with Crippen molar-refractivity contribution in [1.29, 1.82) is 0 Å². The number of carbonyl (C=O) groups is 1. The molecule has 1 aliphatic rings. The number of nitrogens with zero attached hydrogens (tertiary/aromatic N) is 2. The van der Waals surface area contributed by atoms with Crippen LogP contribution in [-0.2, 0) is 6.42 Å². The minimum absolute atomic E-state index is 0.0344. The molecule has 4 rings (SSSR count). The second kappa shape index (κ2) is 6.92. The predicted molar refractivity (Wildman–Crippen MR) is 99.1 cm³/mol. The molecule has 0 aliphatic carbocycles. The zero-order valence-corrected chi connectivity index (χ0v) is 14.8. The maximum Gasteiger partial charge on any atom is 0.276 e. The lowest BCUT2D eigenvalue weighted by atomic mass is 9.86. The molecule has 0 saturated carbocycles. The fourth-order valence-electron chi connectivity index (χ4n) is 3.69. The second-order valence-electron chi connectivity index (χ2n) is 6.85. The molecule has 2 heterocycles. The highest BCUT2D eigenvalue weighted by Gasteiger charge is 2.32. The molecule has 1 aromatic heterocycles. The van der Waals surface area contributed by atoms with Gasteiger partial charge in [0.05, 0.1) is 6.10 Å². The zero-order valence-electron chi connectivity index (χ0n) is 14.8. The van der Waals surface area contributed by atoms with Crippen molar-refractivity contribution in [1.82, 2.24) is 10.1 Å². The molecule has 5 heteroatoms. The summed E-state index contributed by atoms with van der Waals surface area (Å²) in [6.45, 7) is 2.86. The van der Waals surface area contributed by atoms with E-state index in [1.165, 1.54) is 10.8 Å². The Morgan fingerprint density at radius 1 is 1.23 bits per heavy atom. The van der Waals surface area contributed by atoms with E-state index in [0.29, 0.717) is 31.0 Å². The molecule has 2 atom stereocenters. The molecule has 5 nitrogen and oxygen atoms in total. The molecule has 26 heavy (non-hydrogen) atoms. The van der Waals surface area contributed by atoms with E-state index in [0.717, 1.165) is 12.0 Å². The van der Waals surface area contributed by atoms with Gasteiger partial charge in [-0.2, -0.15) is 0 Å². The Kier molecular flexibility index (Phi) is 4.47. The lowest BCUT2D eigenvalue weighted by Crippen LogP contribution is -2.45. The van der Waals surface area contributed by atoms with Gasteiger partial charge in [0, 0.05) is 31.5 Å². The topological polar surface area (TPSA) is 66.6 Å². The van der Waals surface area contributed by atoms with Crippen LogP contribution in [0.1, 0.15) is 41.1 Å². The predicted octanol–water partition coefficient (Wildman–Crippen LogP) is 3.38. The Morgan fingerprint density at radius 3 is 2.77 bits per heavy atom. The first-order valence-corrected chi connectivity index (χ1v) is 9.07. The lowest BCUT2D eigenvalue weighted by Gasteiger charge is -2.36. The van der Waals surface area contributed by atoms with Gasteiger partial charge in [0.15, 0.2) is 5.69 Å². The SMILES string of the molecule is CCc1cc(C(=O)N2CC[C@@H](c3ccc4ccccc4c3)[C@H](O)C2)no1. The van der Waals surface area contributed by atoms with Crippen molar-refractivity contribution in [3.8, 4) is 0 Å². The van der Waals surface area contributed by atoms with Gasteiger partial charge >= 0.3 is 0 Å². The first kappa shape index (κ1) is 16.8. The average molecular weight is 350 g/mol. The smallest absolute Gasteiger partial charge is 0.276 e. The molecule has 1 fully saturated rings. The molecular formula is C21H22N2O3. The van der Waals surface area contributed by atoms with E-state index in [9.17, 15) is 9.90 Å². The molecule has 1 saturated heterocycles. The van der Waals surface area contributed by atoms with Gasteiger partial charge in [-0.05, 0) is 22.8 Å². The van der Waals surface area contributed by atoms with E-state index in [-0.39, 0.29) is 11.8 Å². The summed E-state index contributed by atoms with van der Waals surface area (Å²) < 4.78 is 5.12. The number of aryl methyl sites for hydroxylation is 1. The Hall–Kier alpha value is -2.66. The van der Waals surface area contributed by atoms with Crippen molar-refractivity contribution >= 4 is 16.7 Å². The Labute approximate surface area is 152 Å². The van der Waals surface area contributed by atoms with E-state index in [2.05, 4.69) is 35.5 Å². The van der Waals surface area contributed by atoms with Crippen LogP contribution in [0.3, 0.4) is 0 Å². The van der Waals surface area contributed by atoms with E-state index >= 15 is 0 Å². The van der Waals surface area contributed by atoms with E-state index in [1.807, 2.05) is 19.1 Å². The number of fused-ring (bicyclic) bond motifs is 1. The summed E-state index contributed by atoms with van der Waals surface area (Å²) in [5.74, 6) is 0.552. The number of benzene rings is 2. The van der Waals surface area contributed by atoms with Crippen molar-refractivity contribution in [2.45, 2.75) is 31.8 Å². The van der Waals surface area contributed by atoms with Crippen molar-refractivity contribution in [2.24, 2.45) is 0 Å². The number of likely N-dealkylation sites (tertiary alicyclic amines) is 1. The minimum atomic E-state index is -0.591. The monoisotopic (exact) mass is 350 g/mol. The normalized spacial score (nSPS) is 20.5. The third-order valence-corrected chi connectivity index (χ3v) is 5.20. The van der Waals surface area contributed by atoms with Gasteiger partial charge in [0.25, 0.3) is 5.91 Å². The van der Waals surface area contributed by atoms with Gasteiger partial charge in [0.1, 0.15) is 5.76 Å². The highest BCUT2D eigenvalue weighted by molar-refractivity contribution is 5.92. The molecule has 1 amide bonds. The van der Waals surface area contributed by atoms with E-state index < -0.39 is 6.10 Å². The van der Waals surface area contributed by atoms with Gasteiger partial charge < -0.3 is 14.5 Å². The number of amides is 1. The summed E-state index contributed by atoms with van der Waals surface area (Å²) >= 11 is 0. The Morgan fingerprint density at radius 2 is 2.04 bits per heavy atom. The zero-order chi connectivity index (χ0) is 18.1. The molecule has 1 N–H and O–H groups in total. The molecule has 0 unspecified atom stereocenters.